The molecule has 0 radical (unpaired) electrons. The number of methoxy groups -OCH3 is 1. The Hall–Kier alpha value is -3.41. The molecule has 2 amide bonds. The SMILES string of the molecule is COc1ccc(C(=O)COc2ccccc2N2C(=O)[C@@H]3[C@H](C2=O)[C@@H]2C=C[C@H]3C2)cc1. The maximum absolute atomic E-state index is 13.1. The normalized spacial score (nSPS) is 26.2. The van der Waals surface area contributed by atoms with Crippen molar-refractivity contribution in [2.45, 2.75) is 6.42 Å². The molecule has 5 rings (SSSR count). The predicted octanol–water partition coefficient (Wildman–Crippen LogP) is 3.27. The molecule has 0 N–H and O–H groups in total. The van der Waals surface area contributed by atoms with E-state index in [1.165, 1.54) is 4.90 Å². The molecule has 2 fully saturated rings. The quantitative estimate of drug-likeness (QED) is 0.421. The highest BCUT2D eigenvalue weighted by molar-refractivity contribution is 6.23. The smallest absolute Gasteiger partial charge is 0.238 e. The van der Waals surface area contributed by atoms with Crippen LogP contribution in [0.25, 0.3) is 0 Å². The average molecular weight is 403 g/mol. The van der Waals surface area contributed by atoms with Crippen LogP contribution in [0, 0.1) is 23.7 Å². The summed E-state index contributed by atoms with van der Waals surface area (Å²) in [5.41, 5.74) is 0.905. The average Bonchev–Trinajstić information content (AvgIpc) is 3.46. The Morgan fingerprint density at radius 2 is 1.60 bits per heavy atom. The van der Waals surface area contributed by atoms with E-state index in [-0.39, 0.29) is 47.9 Å². The van der Waals surface area contributed by atoms with Gasteiger partial charge < -0.3 is 9.47 Å². The number of amides is 2. The highest BCUT2D eigenvalue weighted by Gasteiger charge is 2.59. The summed E-state index contributed by atoms with van der Waals surface area (Å²) < 4.78 is 10.9. The van der Waals surface area contributed by atoms with E-state index in [9.17, 15) is 14.4 Å². The van der Waals surface area contributed by atoms with Crippen LogP contribution in [-0.2, 0) is 9.59 Å². The third-order valence-electron chi connectivity index (χ3n) is 6.35. The zero-order valence-electron chi connectivity index (χ0n) is 16.5. The highest BCUT2D eigenvalue weighted by Crippen LogP contribution is 2.53. The molecule has 3 aliphatic rings. The lowest BCUT2D eigenvalue weighted by atomic mass is 9.85. The summed E-state index contributed by atoms with van der Waals surface area (Å²) in [5.74, 6) is 0.212. The number of allylic oxidation sites excluding steroid dienone is 2. The Balaban J connectivity index is 1.35. The van der Waals surface area contributed by atoms with Gasteiger partial charge in [-0.05, 0) is 54.7 Å². The summed E-state index contributed by atoms with van der Waals surface area (Å²) in [4.78, 5) is 40.0. The molecule has 0 spiro atoms. The van der Waals surface area contributed by atoms with Crippen molar-refractivity contribution < 1.29 is 23.9 Å². The number of Topliss-reactive ketones (excluding diaryl/α,β-unsaturated/α-hetero) is 1. The van der Waals surface area contributed by atoms with Crippen molar-refractivity contribution in [3.05, 3.63) is 66.2 Å². The van der Waals surface area contributed by atoms with E-state index >= 15 is 0 Å². The van der Waals surface area contributed by atoms with E-state index < -0.39 is 0 Å². The molecule has 1 saturated heterocycles. The fourth-order valence-corrected chi connectivity index (χ4v) is 4.91. The lowest BCUT2D eigenvalue weighted by molar-refractivity contribution is -0.123. The molecule has 1 aliphatic heterocycles. The molecular formula is C24H21NO5. The molecule has 2 aromatic rings. The van der Waals surface area contributed by atoms with Gasteiger partial charge in [0.25, 0.3) is 0 Å². The Morgan fingerprint density at radius 1 is 0.967 bits per heavy atom. The van der Waals surface area contributed by atoms with Crippen molar-refractivity contribution >= 4 is 23.3 Å². The Morgan fingerprint density at radius 3 is 2.23 bits per heavy atom. The maximum atomic E-state index is 13.1. The van der Waals surface area contributed by atoms with E-state index in [4.69, 9.17) is 9.47 Å². The van der Waals surface area contributed by atoms with Crippen LogP contribution in [-0.4, -0.2) is 31.3 Å². The fourth-order valence-electron chi connectivity index (χ4n) is 4.91. The number of hydrogen-bond acceptors (Lipinski definition) is 5. The van der Waals surface area contributed by atoms with Gasteiger partial charge >= 0.3 is 0 Å². The van der Waals surface area contributed by atoms with Crippen molar-refractivity contribution in [2.24, 2.45) is 23.7 Å². The number of carbonyl (C=O) groups excluding carboxylic acids is 3. The molecule has 6 nitrogen and oxygen atoms in total. The second kappa shape index (κ2) is 7.13. The minimum absolute atomic E-state index is 0.145. The van der Waals surface area contributed by atoms with E-state index in [0.717, 1.165) is 6.42 Å². The number of nitrogens with zero attached hydrogens (tertiary/aromatic N) is 1. The number of benzene rings is 2. The van der Waals surface area contributed by atoms with Crippen LogP contribution in [0.3, 0.4) is 0 Å². The summed E-state index contributed by atoms with van der Waals surface area (Å²) in [6.45, 7) is -0.195. The molecular weight excluding hydrogens is 382 g/mol. The van der Waals surface area contributed by atoms with Gasteiger partial charge in [0.15, 0.2) is 12.4 Å². The monoisotopic (exact) mass is 403 g/mol. The zero-order chi connectivity index (χ0) is 20.8. The zero-order valence-corrected chi connectivity index (χ0v) is 16.5. The summed E-state index contributed by atoms with van der Waals surface area (Å²) >= 11 is 0. The first-order chi connectivity index (χ1) is 14.6. The van der Waals surface area contributed by atoms with Gasteiger partial charge in [-0.1, -0.05) is 24.3 Å². The first kappa shape index (κ1) is 18.6. The molecule has 0 unspecified atom stereocenters. The highest BCUT2D eigenvalue weighted by atomic mass is 16.5. The van der Waals surface area contributed by atoms with Crippen LogP contribution in [0.5, 0.6) is 11.5 Å². The number of ether oxygens (including phenoxy) is 2. The number of anilines is 1. The van der Waals surface area contributed by atoms with Gasteiger partial charge in [0.2, 0.25) is 11.8 Å². The van der Waals surface area contributed by atoms with E-state index in [2.05, 4.69) is 12.2 Å². The summed E-state index contributed by atoms with van der Waals surface area (Å²) in [6, 6.07) is 13.7. The lowest BCUT2D eigenvalue weighted by Gasteiger charge is -2.20. The molecule has 2 aromatic carbocycles. The molecule has 2 bridgehead atoms. The van der Waals surface area contributed by atoms with Gasteiger partial charge in [0.1, 0.15) is 11.5 Å². The molecule has 4 atom stereocenters. The van der Waals surface area contributed by atoms with E-state index in [0.29, 0.717) is 22.7 Å². The van der Waals surface area contributed by atoms with Gasteiger partial charge in [-0.2, -0.15) is 0 Å². The van der Waals surface area contributed by atoms with Gasteiger partial charge in [-0.25, -0.2) is 4.90 Å². The standard InChI is InChI=1S/C24H21NO5/c1-29-17-10-8-14(9-11-17)19(26)13-30-20-5-3-2-4-18(20)25-23(27)21-15-6-7-16(12-15)22(21)24(25)28/h2-11,15-16,21-22H,12-13H2,1H3/t15-,16+,21-,22+. The van der Waals surface area contributed by atoms with Crippen molar-refractivity contribution in [3.8, 4) is 11.5 Å². The van der Waals surface area contributed by atoms with Gasteiger partial charge in [0.05, 0.1) is 24.6 Å². The van der Waals surface area contributed by atoms with Crippen molar-refractivity contribution in [1.82, 2.24) is 0 Å². The summed E-state index contributed by atoms with van der Waals surface area (Å²) in [6.07, 6.45) is 5.02. The van der Waals surface area contributed by atoms with Crippen molar-refractivity contribution in [2.75, 3.05) is 18.6 Å². The number of para-hydroxylation sites is 2. The van der Waals surface area contributed by atoms with Crippen LogP contribution in [0.2, 0.25) is 0 Å². The predicted molar refractivity (Wildman–Crippen MR) is 109 cm³/mol. The van der Waals surface area contributed by atoms with E-state index in [1.54, 1.807) is 55.6 Å². The lowest BCUT2D eigenvalue weighted by Crippen LogP contribution is -2.33. The van der Waals surface area contributed by atoms with Crippen molar-refractivity contribution in [3.63, 3.8) is 0 Å². The Kier molecular flexibility index (Phi) is 4.42. The number of ketones is 1. The minimum atomic E-state index is -0.276. The Labute approximate surface area is 174 Å². The molecule has 2 aliphatic carbocycles. The Bertz CT molecular complexity index is 1030. The topological polar surface area (TPSA) is 72.9 Å². The maximum Gasteiger partial charge on any atom is 0.238 e. The molecule has 0 aromatic heterocycles. The number of rotatable bonds is 6. The third-order valence-corrected chi connectivity index (χ3v) is 6.35. The molecule has 6 heteroatoms. The van der Waals surface area contributed by atoms with Crippen LogP contribution in [0.4, 0.5) is 5.69 Å². The van der Waals surface area contributed by atoms with Crippen LogP contribution in [0.15, 0.2) is 60.7 Å². The molecule has 1 saturated carbocycles. The molecule has 30 heavy (non-hydrogen) atoms. The van der Waals surface area contributed by atoms with Crippen LogP contribution >= 0.6 is 0 Å². The number of fused-ring (bicyclic) bond motifs is 5. The first-order valence-electron chi connectivity index (χ1n) is 10.0. The number of carbonyl (C=O) groups is 3. The fraction of sp³-hybridized carbons (Fsp3) is 0.292. The minimum Gasteiger partial charge on any atom is -0.497 e. The summed E-state index contributed by atoms with van der Waals surface area (Å²) in [5, 5.41) is 0. The second-order valence-corrected chi connectivity index (χ2v) is 7.92. The first-order valence-corrected chi connectivity index (χ1v) is 10.0. The largest absolute Gasteiger partial charge is 0.497 e. The molecule has 1 heterocycles. The van der Waals surface area contributed by atoms with Crippen molar-refractivity contribution in [1.29, 1.82) is 0 Å². The number of imide groups is 1. The van der Waals surface area contributed by atoms with Gasteiger partial charge in [-0.3, -0.25) is 14.4 Å². The van der Waals surface area contributed by atoms with Crippen LogP contribution in [0.1, 0.15) is 16.8 Å². The van der Waals surface area contributed by atoms with Gasteiger partial charge in [0, 0.05) is 5.56 Å². The molecule has 152 valence electrons. The third kappa shape index (κ3) is 2.83. The van der Waals surface area contributed by atoms with Gasteiger partial charge in [-0.15, -0.1) is 0 Å². The second-order valence-electron chi connectivity index (χ2n) is 7.92. The number of hydrogen-bond donors (Lipinski definition) is 0. The van der Waals surface area contributed by atoms with E-state index in [1.807, 2.05) is 0 Å². The summed E-state index contributed by atoms with van der Waals surface area (Å²) in [7, 11) is 1.56. The van der Waals surface area contributed by atoms with Crippen LogP contribution < -0.4 is 14.4 Å².